The number of nitrogens with zero attached hydrogens (tertiary/aromatic N) is 7. The van der Waals surface area contributed by atoms with Gasteiger partial charge >= 0.3 is 0 Å². The van der Waals surface area contributed by atoms with Gasteiger partial charge in [-0.1, -0.05) is 67.1 Å². The van der Waals surface area contributed by atoms with Crippen LogP contribution >= 0.6 is 45.5 Å². The Labute approximate surface area is 469 Å². The minimum atomic E-state index is -1.02. The van der Waals surface area contributed by atoms with Crippen LogP contribution in [0.4, 0.5) is 48.5 Å². The zero-order valence-corrected chi connectivity index (χ0v) is 49.3. The molecule has 4 heterocycles. The molecule has 0 radical (unpaired) electrons. The molecule has 0 unspecified atom stereocenters. The molecule has 1 saturated heterocycles. The van der Waals surface area contributed by atoms with Gasteiger partial charge in [0.25, 0.3) is 0 Å². The molecule has 12 N–H and O–H groups in total. The monoisotopic (exact) mass is 1290 g/mol. The highest BCUT2D eigenvalue weighted by Gasteiger charge is 2.26. The number of carbonyl (C=O) groups excluding carboxylic acids is 2. The Hall–Kier alpha value is -7.17. The molecule has 3 aromatic heterocycles. The first-order valence-corrected chi connectivity index (χ1v) is 28.8. The van der Waals surface area contributed by atoms with Crippen molar-refractivity contribution in [3.63, 3.8) is 0 Å². The lowest BCUT2D eigenvalue weighted by Crippen LogP contribution is -2.16. The highest BCUT2D eigenvalue weighted by Crippen LogP contribution is 2.37. The van der Waals surface area contributed by atoms with Crippen LogP contribution in [0.25, 0.3) is 0 Å². The largest absolute Gasteiger partial charge is 0.452 e. The smallest absolute Gasteiger partial charge is 0.238 e. The molecule has 3 aromatic carbocycles. The third kappa shape index (κ3) is 19.8. The van der Waals surface area contributed by atoms with Gasteiger partial charge in [-0.15, -0.1) is 17.4 Å². The van der Waals surface area contributed by atoms with Gasteiger partial charge in [0.15, 0.2) is 34.7 Å². The Morgan fingerprint density at radius 3 is 1.32 bits per heavy atom. The molecular weight excluding hydrogens is 1230 g/mol. The summed E-state index contributed by atoms with van der Waals surface area (Å²) in [5, 5.41) is 0. The van der Waals surface area contributed by atoms with Gasteiger partial charge in [0.05, 0.1) is 50.6 Å². The number of imide groups is 1. The topological polar surface area (TPSA) is 299 Å². The molecule has 1 aliphatic rings. The van der Waals surface area contributed by atoms with E-state index < -0.39 is 8.07 Å². The number of nitrogen functional groups attached to an aromatic ring is 6. The van der Waals surface area contributed by atoms with Crippen molar-refractivity contribution in [2.24, 2.45) is 0 Å². The van der Waals surface area contributed by atoms with Gasteiger partial charge in [-0.05, 0) is 96.7 Å². The van der Waals surface area contributed by atoms with E-state index in [1.807, 2.05) is 71.1 Å². The molecule has 6 aromatic rings. The normalized spacial score (nSPS) is 11.5. The first-order valence-electron chi connectivity index (χ1n) is 23.2. The number of benzene rings is 3. The summed E-state index contributed by atoms with van der Waals surface area (Å²) in [4.78, 5) is 43.9. The molecule has 0 aliphatic carbocycles. The van der Waals surface area contributed by atoms with Crippen molar-refractivity contribution < 1.29 is 37.0 Å². The Kier molecular flexibility index (Phi) is 24.3. The molecule has 18 nitrogen and oxygen atoms in total. The summed E-state index contributed by atoms with van der Waals surface area (Å²) in [6.07, 6.45) is 4.96. The number of amides is 2. The third-order valence-corrected chi connectivity index (χ3v) is 12.7. The summed E-state index contributed by atoms with van der Waals surface area (Å²) in [5.41, 5.74) is 39.1. The van der Waals surface area contributed by atoms with Crippen LogP contribution in [-0.2, 0) is 9.59 Å². The number of hydrogen-bond acceptors (Lipinski definition) is 17. The lowest BCUT2D eigenvalue weighted by Gasteiger charge is -2.15. The van der Waals surface area contributed by atoms with Crippen LogP contribution in [-0.4, -0.2) is 52.9 Å². The van der Waals surface area contributed by atoms with Crippen LogP contribution in [0.5, 0.6) is 34.5 Å². The number of rotatable bonds is 9. The number of carbonyl (C=O) groups is 2. The fraction of sp³-hybridized carbons (Fsp3) is 0.308. The summed E-state index contributed by atoms with van der Waals surface area (Å²) >= 11 is 3.63. The molecule has 0 atom stereocenters. The zero-order chi connectivity index (χ0) is 57.2. The second-order valence-electron chi connectivity index (χ2n) is 18.1. The Morgan fingerprint density at radius 2 is 0.974 bits per heavy atom. The van der Waals surface area contributed by atoms with Crippen molar-refractivity contribution in [1.82, 2.24) is 33.0 Å². The van der Waals surface area contributed by atoms with Crippen molar-refractivity contribution in [2.75, 3.05) is 34.4 Å². The third-order valence-electron chi connectivity index (χ3n) is 9.80. The first-order chi connectivity index (χ1) is 35.5. The van der Waals surface area contributed by atoms with Crippen LogP contribution in [0.3, 0.4) is 0 Å². The second-order valence-corrected chi connectivity index (χ2v) is 25.0. The number of nitrogens with two attached hydrogens (primary N) is 6. The van der Waals surface area contributed by atoms with Crippen LogP contribution in [0.2, 0.25) is 19.6 Å². The van der Waals surface area contributed by atoms with Gasteiger partial charge in [-0.2, -0.15) is 15.0 Å². The molecule has 76 heavy (non-hydrogen) atoms. The van der Waals surface area contributed by atoms with Crippen molar-refractivity contribution in [3.05, 3.63) is 104 Å². The maximum Gasteiger partial charge on any atom is 0.238 e. The summed E-state index contributed by atoms with van der Waals surface area (Å²) in [6, 6.07) is 10.4. The van der Waals surface area contributed by atoms with Crippen molar-refractivity contribution in [1.29, 1.82) is 0 Å². The fourth-order valence-electron chi connectivity index (χ4n) is 6.20. The van der Waals surface area contributed by atoms with Gasteiger partial charge in [0, 0.05) is 29.5 Å². The van der Waals surface area contributed by atoms with E-state index in [0.29, 0.717) is 50.7 Å². The van der Waals surface area contributed by atoms with Gasteiger partial charge < -0.3 is 48.6 Å². The number of hydrogen-bond donors (Lipinski definition) is 6. The van der Waals surface area contributed by atoms with E-state index in [1.54, 1.807) is 48.0 Å². The van der Waals surface area contributed by atoms with E-state index >= 15 is 0 Å². The minimum absolute atomic E-state index is 0.0593. The fourth-order valence-corrected chi connectivity index (χ4v) is 7.87. The van der Waals surface area contributed by atoms with Gasteiger partial charge in [0.2, 0.25) is 29.7 Å². The highest BCUT2D eigenvalue weighted by molar-refractivity contribution is 14.1. The highest BCUT2D eigenvalue weighted by atomic mass is 127. The minimum Gasteiger partial charge on any atom is -0.452 e. The van der Waals surface area contributed by atoms with Crippen LogP contribution in [0.1, 0.15) is 108 Å². The molecule has 404 valence electrons. The lowest BCUT2D eigenvalue weighted by molar-refractivity contribution is -0.130. The number of aromatic nitrogens is 6. The molecule has 1 fully saturated rings. The summed E-state index contributed by atoms with van der Waals surface area (Å²) < 4.78 is 59.7. The number of ether oxygens (including phenoxy) is 3. The van der Waals surface area contributed by atoms with E-state index in [9.17, 15) is 22.8 Å². The van der Waals surface area contributed by atoms with Crippen molar-refractivity contribution in [2.45, 2.75) is 106 Å². The summed E-state index contributed by atoms with van der Waals surface area (Å²) in [5.74, 6) is 10.5. The Morgan fingerprint density at radius 1 is 0.579 bits per heavy atom. The summed E-state index contributed by atoms with van der Waals surface area (Å²) in [6.45, 7) is 22.0. The van der Waals surface area contributed by atoms with Crippen LogP contribution < -0.4 is 48.6 Å². The molecule has 2 amide bonds. The zero-order valence-electron chi connectivity index (χ0n) is 43.9. The van der Waals surface area contributed by atoms with E-state index in [1.165, 1.54) is 42.9 Å². The van der Waals surface area contributed by atoms with E-state index in [0.717, 1.165) is 14.2 Å². The van der Waals surface area contributed by atoms with Gasteiger partial charge in [-0.25, -0.2) is 31.2 Å². The van der Waals surface area contributed by atoms with Crippen LogP contribution in [0.15, 0.2) is 61.1 Å². The SMILES string of the molecule is CC#C[Si](C)(C)C.CC#Cc1cc(Oc2cnc(N)nc2N)c(C(C)C)cc1F.CC(C)c1cc(F)c(I)cc1Oc1cnc(N)nc1N.CC(C)c1cc(F)ccc1Oc1cnc(N)nc1N.O=C1CCC(=O)N1I. The lowest BCUT2D eigenvalue weighted by atomic mass is 10.00. The maximum absolute atomic E-state index is 14.0. The molecule has 0 saturated carbocycles. The van der Waals surface area contributed by atoms with Crippen LogP contribution in [0, 0.1) is 44.3 Å². The number of halogens is 5. The Balaban J connectivity index is 0.000000264. The average molecular weight is 1290 g/mol. The molecule has 0 bridgehead atoms. The predicted octanol–water partition coefficient (Wildman–Crippen LogP) is 11.4. The molecule has 0 spiro atoms. The average Bonchev–Trinajstić information content (AvgIpc) is 3.62. The number of anilines is 6. The second kappa shape index (κ2) is 29.2. The molecule has 1 aliphatic heterocycles. The standard InChI is InChI=1S/C16H17FN4O.C13H14FIN4O.C13H15FN4O.C6H12Si.C4H4INO2/c1-4-5-10-6-13(11(9(2)3)7-12(10)17)22-14-8-20-16(19)21-15(14)18;1-6(2)7-3-8(14)9(15)4-10(7)20-11-5-18-13(17)19-12(11)16;1-7(2)9-5-8(14)3-4-10(9)19-11-6-17-13(16)18-12(11)15;1-5-6-7(2,3)4;5-6-3(7)1-2-4(6)8/h6-9H,1-3H3,(H4,18,19,20,21);3-6H,1-2H3,(H4,16,17,18,19);3-7H,1-2H3,(H4,15,16,17,18);1-4H3;1-2H2. The maximum atomic E-state index is 14.0. The van der Waals surface area contributed by atoms with E-state index in [2.05, 4.69) is 72.8 Å². The Bertz CT molecular complexity index is 3130. The first kappa shape index (κ1) is 63.1. The van der Waals surface area contributed by atoms with E-state index in [4.69, 9.17) is 48.6 Å². The van der Waals surface area contributed by atoms with Crippen molar-refractivity contribution >= 4 is 101 Å². The predicted molar refractivity (Wildman–Crippen MR) is 311 cm³/mol. The van der Waals surface area contributed by atoms with Gasteiger partial charge in [-0.3, -0.25) is 9.59 Å². The quantitative estimate of drug-likeness (QED) is 0.0258. The van der Waals surface area contributed by atoms with Crippen molar-refractivity contribution in [3.8, 4) is 57.8 Å². The van der Waals surface area contributed by atoms with Gasteiger partial charge in [0.1, 0.15) is 42.8 Å². The van der Waals surface area contributed by atoms with E-state index in [-0.39, 0.29) is 93.6 Å². The molecule has 7 rings (SSSR count). The summed E-state index contributed by atoms with van der Waals surface area (Å²) in [7, 11) is -1.02. The molecule has 24 heteroatoms. The molecular formula is C52H62F3I2N13O5Si.